The fraction of sp³-hybridized carbons (Fsp3) is 0.562. The van der Waals surface area contributed by atoms with Crippen LogP contribution in [-0.2, 0) is 4.79 Å². The van der Waals surface area contributed by atoms with E-state index in [0.717, 1.165) is 18.4 Å². The van der Waals surface area contributed by atoms with E-state index in [0.29, 0.717) is 13.0 Å². The van der Waals surface area contributed by atoms with Gasteiger partial charge in [-0.15, -0.1) is 0 Å². The van der Waals surface area contributed by atoms with Crippen molar-refractivity contribution in [2.75, 3.05) is 6.54 Å². The molecule has 0 aliphatic rings. The molecule has 0 aromatic heterocycles. The third-order valence-electron chi connectivity index (χ3n) is 3.60. The summed E-state index contributed by atoms with van der Waals surface area (Å²) in [7, 11) is 0. The minimum absolute atomic E-state index is 0.0203. The monoisotopic (exact) mass is 280 g/mol. The Balaban J connectivity index is 2.44. The molecular weight excluding hydrogens is 255 g/mol. The van der Waals surface area contributed by atoms with Crippen molar-refractivity contribution in [3.63, 3.8) is 0 Å². The Labute approximate surface area is 120 Å². The Kier molecular flexibility index (Phi) is 6.14. The molecule has 1 amide bonds. The van der Waals surface area contributed by atoms with E-state index in [9.17, 15) is 9.18 Å². The van der Waals surface area contributed by atoms with Gasteiger partial charge in [0.25, 0.3) is 0 Å². The summed E-state index contributed by atoms with van der Waals surface area (Å²) in [6.07, 6.45) is 2.21. The first-order valence-corrected chi connectivity index (χ1v) is 7.09. The van der Waals surface area contributed by atoms with Gasteiger partial charge in [0.15, 0.2) is 0 Å². The van der Waals surface area contributed by atoms with Crippen molar-refractivity contribution in [3.05, 3.63) is 35.6 Å². The van der Waals surface area contributed by atoms with E-state index in [2.05, 4.69) is 19.2 Å². The van der Waals surface area contributed by atoms with E-state index in [-0.39, 0.29) is 23.2 Å². The fourth-order valence-corrected chi connectivity index (χ4v) is 2.12. The summed E-state index contributed by atoms with van der Waals surface area (Å²) in [5, 5.41) is 2.94. The smallest absolute Gasteiger partial charge is 0.220 e. The predicted octanol–water partition coefficient (Wildman–Crippen LogP) is 3.16. The Hall–Kier alpha value is -1.42. The van der Waals surface area contributed by atoms with Gasteiger partial charge in [-0.2, -0.15) is 0 Å². The molecular formula is C16H25FN2O. The maximum absolute atomic E-state index is 12.8. The molecule has 0 unspecified atom stereocenters. The molecule has 0 bridgehead atoms. The zero-order valence-corrected chi connectivity index (χ0v) is 12.6. The summed E-state index contributed by atoms with van der Waals surface area (Å²) in [6, 6.07) is 6.09. The predicted molar refractivity (Wildman–Crippen MR) is 79.6 cm³/mol. The highest BCUT2D eigenvalue weighted by Gasteiger charge is 2.19. The first kappa shape index (κ1) is 16.6. The standard InChI is InChI=1S/C16H25FN2O/c1-12(13-4-6-14(17)7-5-13)19-15(20)8-9-16(2,3)10-11-18/h4-7,12H,8-11,18H2,1-3H3,(H,19,20)/t12-/m0/s1. The first-order valence-electron chi connectivity index (χ1n) is 7.09. The van der Waals surface area contributed by atoms with Crippen molar-refractivity contribution >= 4 is 5.91 Å². The fourth-order valence-electron chi connectivity index (χ4n) is 2.12. The van der Waals surface area contributed by atoms with Crippen LogP contribution in [0.25, 0.3) is 0 Å². The van der Waals surface area contributed by atoms with Gasteiger partial charge in [0.1, 0.15) is 5.82 Å². The van der Waals surface area contributed by atoms with E-state index >= 15 is 0 Å². The van der Waals surface area contributed by atoms with Crippen LogP contribution in [-0.4, -0.2) is 12.5 Å². The molecule has 3 N–H and O–H groups in total. The molecule has 0 radical (unpaired) electrons. The van der Waals surface area contributed by atoms with E-state index in [1.54, 1.807) is 12.1 Å². The lowest BCUT2D eigenvalue weighted by Gasteiger charge is -2.24. The summed E-state index contributed by atoms with van der Waals surface area (Å²) in [5.74, 6) is -0.247. The van der Waals surface area contributed by atoms with Crippen molar-refractivity contribution in [1.82, 2.24) is 5.32 Å². The number of hydrogen-bond acceptors (Lipinski definition) is 2. The van der Waals surface area contributed by atoms with Gasteiger partial charge in [-0.05, 0) is 49.4 Å². The lowest BCUT2D eigenvalue weighted by Crippen LogP contribution is -2.28. The highest BCUT2D eigenvalue weighted by Crippen LogP contribution is 2.26. The van der Waals surface area contributed by atoms with E-state index < -0.39 is 0 Å². The third kappa shape index (κ3) is 5.70. The second kappa shape index (κ2) is 7.39. The van der Waals surface area contributed by atoms with Crippen molar-refractivity contribution in [3.8, 4) is 0 Å². The number of carbonyl (C=O) groups excluding carboxylic acids is 1. The van der Waals surface area contributed by atoms with Crippen molar-refractivity contribution < 1.29 is 9.18 Å². The normalized spacial score (nSPS) is 13.1. The molecule has 1 rings (SSSR count). The van der Waals surface area contributed by atoms with Crippen LogP contribution >= 0.6 is 0 Å². The van der Waals surface area contributed by atoms with Crippen LogP contribution in [0.15, 0.2) is 24.3 Å². The molecule has 0 aliphatic carbocycles. The van der Waals surface area contributed by atoms with Crippen LogP contribution < -0.4 is 11.1 Å². The van der Waals surface area contributed by atoms with Gasteiger partial charge in [-0.3, -0.25) is 4.79 Å². The van der Waals surface area contributed by atoms with Gasteiger partial charge >= 0.3 is 0 Å². The number of carbonyl (C=O) groups is 1. The number of rotatable bonds is 7. The van der Waals surface area contributed by atoms with Gasteiger partial charge in [-0.25, -0.2) is 4.39 Å². The topological polar surface area (TPSA) is 55.1 Å². The lowest BCUT2D eigenvalue weighted by molar-refractivity contribution is -0.122. The molecule has 0 heterocycles. The van der Waals surface area contributed by atoms with E-state index in [1.165, 1.54) is 12.1 Å². The molecule has 1 atom stereocenters. The van der Waals surface area contributed by atoms with Gasteiger partial charge in [0.05, 0.1) is 6.04 Å². The molecule has 1 aromatic rings. The van der Waals surface area contributed by atoms with Crippen LogP contribution in [0.4, 0.5) is 4.39 Å². The quantitative estimate of drug-likeness (QED) is 0.806. The maximum atomic E-state index is 12.8. The van der Waals surface area contributed by atoms with Gasteiger partial charge < -0.3 is 11.1 Å². The average Bonchev–Trinajstić information content (AvgIpc) is 2.37. The molecule has 0 fully saturated rings. The number of nitrogens with two attached hydrogens (primary N) is 1. The Morgan fingerprint density at radius 1 is 1.30 bits per heavy atom. The van der Waals surface area contributed by atoms with Gasteiger partial charge in [-0.1, -0.05) is 26.0 Å². The van der Waals surface area contributed by atoms with Crippen LogP contribution in [0.3, 0.4) is 0 Å². The molecule has 112 valence electrons. The average molecular weight is 280 g/mol. The number of nitrogens with one attached hydrogen (secondary N) is 1. The molecule has 1 aromatic carbocycles. The van der Waals surface area contributed by atoms with Crippen LogP contribution in [0.1, 0.15) is 51.6 Å². The molecule has 20 heavy (non-hydrogen) atoms. The number of halogens is 1. The third-order valence-corrected chi connectivity index (χ3v) is 3.60. The van der Waals surface area contributed by atoms with Crippen molar-refractivity contribution in [2.24, 2.45) is 11.1 Å². The summed E-state index contributed by atoms with van der Waals surface area (Å²) in [5.41, 5.74) is 6.55. The zero-order chi connectivity index (χ0) is 15.2. The first-order chi connectivity index (χ1) is 9.34. The largest absolute Gasteiger partial charge is 0.350 e. The van der Waals surface area contributed by atoms with E-state index in [4.69, 9.17) is 5.73 Å². The summed E-state index contributed by atoms with van der Waals surface area (Å²) >= 11 is 0. The number of hydrogen-bond donors (Lipinski definition) is 2. The minimum Gasteiger partial charge on any atom is -0.350 e. The van der Waals surface area contributed by atoms with Crippen LogP contribution in [0, 0.1) is 11.2 Å². The molecule has 0 saturated carbocycles. The van der Waals surface area contributed by atoms with Crippen LogP contribution in [0.2, 0.25) is 0 Å². The highest BCUT2D eigenvalue weighted by molar-refractivity contribution is 5.76. The Bertz CT molecular complexity index is 429. The molecule has 0 spiro atoms. The number of amides is 1. The summed E-state index contributed by atoms with van der Waals surface area (Å²) < 4.78 is 12.8. The second-order valence-corrected chi connectivity index (χ2v) is 6.04. The van der Waals surface area contributed by atoms with Gasteiger partial charge in [0.2, 0.25) is 5.91 Å². The SMILES string of the molecule is C[C@H](NC(=O)CCC(C)(C)CCN)c1ccc(F)cc1. The maximum Gasteiger partial charge on any atom is 0.220 e. The number of benzene rings is 1. The zero-order valence-electron chi connectivity index (χ0n) is 12.6. The van der Waals surface area contributed by atoms with Crippen LogP contribution in [0.5, 0.6) is 0 Å². The van der Waals surface area contributed by atoms with Crippen molar-refractivity contribution in [2.45, 2.75) is 46.1 Å². The summed E-state index contributed by atoms with van der Waals surface area (Å²) in [4.78, 5) is 11.9. The highest BCUT2D eigenvalue weighted by atomic mass is 19.1. The Morgan fingerprint density at radius 3 is 2.45 bits per heavy atom. The Morgan fingerprint density at radius 2 is 1.90 bits per heavy atom. The van der Waals surface area contributed by atoms with E-state index in [1.807, 2.05) is 6.92 Å². The van der Waals surface area contributed by atoms with Gasteiger partial charge in [0, 0.05) is 6.42 Å². The lowest BCUT2D eigenvalue weighted by atomic mass is 9.84. The molecule has 0 saturated heterocycles. The minimum atomic E-state index is -0.268. The second-order valence-electron chi connectivity index (χ2n) is 6.04. The summed E-state index contributed by atoms with van der Waals surface area (Å²) in [6.45, 7) is 6.78. The molecule has 3 nitrogen and oxygen atoms in total. The molecule has 4 heteroatoms. The molecule has 0 aliphatic heterocycles. The van der Waals surface area contributed by atoms with Crippen molar-refractivity contribution in [1.29, 1.82) is 0 Å².